The number of benzene rings is 1. The van der Waals surface area contributed by atoms with E-state index in [0.717, 1.165) is 5.56 Å². The molecular weight excluding hydrogens is 275 g/mol. The fraction of sp³-hybridized carbons (Fsp3) is 0.417. The zero-order chi connectivity index (χ0) is 12.8. The van der Waals surface area contributed by atoms with Crippen LogP contribution in [0.1, 0.15) is 19.4 Å². The summed E-state index contributed by atoms with van der Waals surface area (Å²) in [5.41, 5.74) is 6.34. The number of carbonyl (C=O) groups is 1. The second-order valence-corrected chi connectivity index (χ2v) is 4.13. The van der Waals surface area contributed by atoms with Crippen LogP contribution in [0.25, 0.3) is 0 Å². The molecular formula is C12H18Cl2N2O2. The Morgan fingerprint density at radius 2 is 2.22 bits per heavy atom. The summed E-state index contributed by atoms with van der Waals surface area (Å²) in [6, 6.07) is 4.81. The lowest BCUT2D eigenvalue weighted by Gasteiger charge is -2.12. The highest BCUT2D eigenvalue weighted by molar-refractivity contribution is 6.30. The maximum absolute atomic E-state index is 11.3. The summed E-state index contributed by atoms with van der Waals surface area (Å²) >= 11 is 5.88. The predicted molar refractivity (Wildman–Crippen MR) is 75.4 cm³/mol. The van der Waals surface area contributed by atoms with Crippen LogP contribution < -0.4 is 15.8 Å². The molecule has 0 fully saturated rings. The molecule has 0 bridgehead atoms. The molecule has 1 atom stereocenters. The van der Waals surface area contributed by atoms with E-state index in [-0.39, 0.29) is 18.3 Å². The van der Waals surface area contributed by atoms with Gasteiger partial charge in [0.05, 0.1) is 12.6 Å². The van der Waals surface area contributed by atoms with Crippen LogP contribution in [0.2, 0.25) is 5.02 Å². The summed E-state index contributed by atoms with van der Waals surface area (Å²) in [5, 5.41) is 3.34. The number of amides is 1. The second kappa shape index (κ2) is 8.19. The highest BCUT2D eigenvalue weighted by Crippen LogP contribution is 2.23. The summed E-state index contributed by atoms with van der Waals surface area (Å²) in [4.78, 5) is 11.3. The Morgan fingerprint density at radius 1 is 1.56 bits per heavy atom. The first kappa shape index (κ1) is 17.0. The van der Waals surface area contributed by atoms with Crippen molar-refractivity contribution in [3.63, 3.8) is 0 Å². The van der Waals surface area contributed by atoms with Gasteiger partial charge in [-0.05, 0) is 26.0 Å². The van der Waals surface area contributed by atoms with Gasteiger partial charge < -0.3 is 15.8 Å². The summed E-state index contributed by atoms with van der Waals surface area (Å²) in [6.45, 7) is 4.47. The molecule has 0 aliphatic heterocycles. The molecule has 0 aromatic heterocycles. The van der Waals surface area contributed by atoms with Crippen molar-refractivity contribution in [3.05, 3.63) is 28.8 Å². The van der Waals surface area contributed by atoms with Crippen molar-refractivity contribution in [2.24, 2.45) is 5.73 Å². The number of nitrogens with two attached hydrogens (primary N) is 1. The minimum atomic E-state index is -0.516. The second-order valence-electron chi connectivity index (χ2n) is 3.69. The molecule has 0 aliphatic carbocycles. The third kappa shape index (κ3) is 5.12. The molecule has 1 unspecified atom stereocenters. The van der Waals surface area contributed by atoms with Crippen LogP contribution in [-0.4, -0.2) is 18.6 Å². The Bertz CT molecular complexity index is 398. The maximum Gasteiger partial charge on any atom is 0.236 e. The van der Waals surface area contributed by atoms with Crippen LogP contribution >= 0.6 is 24.0 Å². The molecule has 6 heteroatoms. The van der Waals surface area contributed by atoms with Gasteiger partial charge >= 0.3 is 0 Å². The van der Waals surface area contributed by atoms with E-state index in [4.69, 9.17) is 22.1 Å². The fourth-order valence-electron chi connectivity index (χ4n) is 1.31. The van der Waals surface area contributed by atoms with Crippen LogP contribution in [0.15, 0.2) is 18.2 Å². The van der Waals surface area contributed by atoms with E-state index in [0.29, 0.717) is 23.9 Å². The number of hydrogen-bond acceptors (Lipinski definition) is 3. The number of nitrogens with one attached hydrogen (secondary N) is 1. The first-order valence-corrected chi connectivity index (χ1v) is 5.87. The molecule has 3 N–H and O–H groups in total. The van der Waals surface area contributed by atoms with Crippen molar-refractivity contribution >= 4 is 29.9 Å². The number of ether oxygens (including phenoxy) is 1. The standard InChI is InChI=1S/C12H17ClN2O2.ClH/c1-3-17-11-6-10(13)5-4-9(11)7-15-12(16)8(2)14;/h4-6,8H,3,7,14H2,1-2H3,(H,15,16);1H. The topological polar surface area (TPSA) is 64.3 Å². The Morgan fingerprint density at radius 3 is 2.78 bits per heavy atom. The molecule has 1 aromatic rings. The van der Waals surface area contributed by atoms with E-state index >= 15 is 0 Å². The van der Waals surface area contributed by atoms with E-state index in [1.165, 1.54) is 0 Å². The Kier molecular flexibility index (Phi) is 7.75. The van der Waals surface area contributed by atoms with Crippen LogP contribution in [0.5, 0.6) is 5.75 Å². The van der Waals surface area contributed by atoms with Crippen LogP contribution in [0.3, 0.4) is 0 Å². The minimum absolute atomic E-state index is 0. The average molecular weight is 293 g/mol. The number of halogens is 2. The normalized spacial score (nSPS) is 11.3. The average Bonchev–Trinajstić information content (AvgIpc) is 2.28. The molecule has 4 nitrogen and oxygen atoms in total. The monoisotopic (exact) mass is 292 g/mol. The zero-order valence-electron chi connectivity index (χ0n) is 10.4. The van der Waals surface area contributed by atoms with E-state index in [2.05, 4.69) is 5.32 Å². The van der Waals surface area contributed by atoms with Gasteiger partial charge in [-0.1, -0.05) is 17.7 Å². The van der Waals surface area contributed by atoms with Gasteiger partial charge in [-0.15, -0.1) is 12.4 Å². The van der Waals surface area contributed by atoms with Crippen molar-refractivity contribution in [2.75, 3.05) is 6.61 Å². The van der Waals surface area contributed by atoms with Crippen molar-refractivity contribution < 1.29 is 9.53 Å². The Labute approximate surface area is 118 Å². The van der Waals surface area contributed by atoms with Crippen molar-refractivity contribution in [2.45, 2.75) is 26.4 Å². The SMILES string of the molecule is CCOc1cc(Cl)ccc1CNC(=O)C(C)N.Cl. The van der Waals surface area contributed by atoms with Gasteiger partial charge in [-0.25, -0.2) is 0 Å². The molecule has 1 amide bonds. The predicted octanol–water partition coefficient (Wildman–Crippen LogP) is 2.12. The lowest BCUT2D eigenvalue weighted by molar-refractivity contribution is -0.122. The van der Waals surface area contributed by atoms with Crippen molar-refractivity contribution in [3.8, 4) is 5.75 Å². The molecule has 102 valence electrons. The molecule has 0 saturated carbocycles. The van der Waals surface area contributed by atoms with Gasteiger partial charge in [0.25, 0.3) is 0 Å². The molecule has 1 aromatic carbocycles. The van der Waals surface area contributed by atoms with Crippen LogP contribution in [-0.2, 0) is 11.3 Å². The summed E-state index contributed by atoms with van der Waals surface area (Å²) < 4.78 is 5.44. The van der Waals surface area contributed by atoms with Gasteiger partial charge in [-0.3, -0.25) is 4.79 Å². The maximum atomic E-state index is 11.3. The van der Waals surface area contributed by atoms with E-state index < -0.39 is 6.04 Å². The summed E-state index contributed by atoms with van der Waals surface area (Å²) in [6.07, 6.45) is 0. The highest BCUT2D eigenvalue weighted by Gasteiger charge is 2.09. The molecule has 0 spiro atoms. The molecule has 0 saturated heterocycles. The van der Waals surface area contributed by atoms with Crippen LogP contribution in [0, 0.1) is 0 Å². The smallest absolute Gasteiger partial charge is 0.236 e. The highest BCUT2D eigenvalue weighted by atomic mass is 35.5. The molecule has 0 aliphatic rings. The fourth-order valence-corrected chi connectivity index (χ4v) is 1.47. The van der Waals surface area contributed by atoms with Gasteiger partial charge in [0.1, 0.15) is 5.75 Å². The van der Waals surface area contributed by atoms with Gasteiger partial charge in [0, 0.05) is 17.1 Å². The minimum Gasteiger partial charge on any atom is -0.493 e. The molecule has 0 heterocycles. The van der Waals surface area contributed by atoms with Gasteiger partial charge in [0.15, 0.2) is 0 Å². The van der Waals surface area contributed by atoms with Gasteiger partial charge in [-0.2, -0.15) is 0 Å². The molecule has 1 rings (SSSR count). The Balaban J connectivity index is 0.00000289. The van der Waals surface area contributed by atoms with Gasteiger partial charge in [0.2, 0.25) is 5.91 Å². The van der Waals surface area contributed by atoms with E-state index in [1.807, 2.05) is 13.0 Å². The Hall–Kier alpha value is -0.970. The third-order valence-electron chi connectivity index (χ3n) is 2.20. The summed E-state index contributed by atoms with van der Waals surface area (Å²) in [5.74, 6) is 0.493. The molecule has 18 heavy (non-hydrogen) atoms. The lowest BCUT2D eigenvalue weighted by Crippen LogP contribution is -2.37. The van der Waals surface area contributed by atoms with Crippen molar-refractivity contribution in [1.29, 1.82) is 0 Å². The number of rotatable bonds is 5. The zero-order valence-corrected chi connectivity index (χ0v) is 12.0. The largest absolute Gasteiger partial charge is 0.493 e. The summed E-state index contributed by atoms with van der Waals surface area (Å²) in [7, 11) is 0. The third-order valence-corrected chi connectivity index (χ3v) is 2.43. The number of hydrogen-bond donors (Lipinski definition) is 2. The quantitative estimate of drug-likeness (QED) is 0.874. The van der Waals surface area contributed by atoms with E-state index in [1.54, 1.807) is 19.1 Å². The molecule has 0 radical (unpaired) electrons. The van der Waals surface area contributed by atoms with Crippen LogP contribution in [0.4, 0.5) is 0 Å². The van der Waals surface area contributed by atoms with Crippen molar-refractivity contribution in [1.82, 2.24) is 5.32 Å². The first-order valence-electron chi connectivity index (χ1n) is 5.49. The lowest BCUT2D eigenvalue weighted by atomic mass is 10.2. The number of carbonyl (C=O) groups excluding carboxylic acids is 1. The van der Waals surface area contributed by atoms with E-state index in [9.17, 15) is 4.79 Å². The first-order chi connectivity index (χ1) is 8.04.